The van der Waals surface area contributed by atoms with Crippen LogP contribution in [0.2, 0.25) is 0 Å². The van der Waals surface area contributed by atoms with Gasteiger partial charge in [-0.25, -0.2) is 18.3 Å². The van der Waals surface area contributed by atoms with E-state index in [0.717, 1.165) is 23.4 Å². The van der Waals surface area contributed by atoms with Crippen LogP contribution in [0, 0.1) is 19.7 Å². The summed E-state index contributed by atoms with van der Waals surface area (Å²) in [6, 6.07) is 9.93. The van der Waals surface area contributed by atoms with E-state index in [1.165, 1.54) is 6.07 Å². The maximum Gasteiger partial charge on any atom is 0.338 e. The maximum absolute atomic E-state index is 13.8. The summed E-state index contributed by atoms with van der Waals surface area (Å²) < 4.78 is 22.8. The minimum Gasteiger partial charge on any atom is -0.462 e. The van der Waals surface area contributed by atoms with Gasteiger partial charge in [0.25, 0.3) is 11.7 Å². The van der Waals surface area contributed by atoms with Crippen molar-refractivity contribution in [2.75, 3.05) is 11.9 Å². The Morgan fingerprint density at radius 1 is 1.14 bits per heavy atom. The number of ether oxygens (including phenoxy) is 1. The second-order valence-corrected chi connectivity index (χ2v) is 6.81. The lowest BCUT2D eigenvalue weighted by Crippen LogP contribution is -2.35. The van der Waals surface area contributed by atoms with Gasteiger partial charge in [-0.3, -0.25) is 4.79 Å². The normalized spacial score (nSPS) is 10.9. The first kappa shape index (κ1) is 20.5. The highest BCUT2D eigenvalue weighted by Gasteiger charge is 2.24. The Bertz CT molecular complexity index is 1090. The molecule has 0 saturated carbocycles. The Kier molecular flexibility index (Phi) is 5.96. The lowest BCUT2D eigenvalue weighted by molar-refractivity contribution is -0.674. The van der Waals surface area contributed by atoms with Crippen molar-refractivity contribution in [3.8, 4) is 0 Å². The number of aryl methyl sites for hydroxylation is 2. The molecule has 29 heavy (non-hydrogen) atoms. The maximum atomic E-state index is 13.8. The summed E-state index contributed by atoms with van der Waals surface area (Å²) in [7, 11) is 0. The molecule has 1 heterocycles. The van der Waals surface area contributed by atoms with Crippen molar-refractivity contribution in [2.45, 2.75) is 40.8 Å². The predicted octanol–water partition coefficient (Wildman–Crippen LogP) is 3.52. The van der Waals surface area contributed by atoms with Crippen molar-refractivity contribution in [2.24, 2.45) is 0 Å². The molecule has 0 fully saturated rings. The number of halogens is 1. The highest BCUT2D eigenvalue weighted by Crippen LogP contribution is 2.19. The molecule has 0 aliphatic heterocycles. The second kappa shape index (κ2) is 8.43. The molecule has 152 valence electrons. The van der Waals surface area contributed by atoms with Gasteiger partial charge in [0.1, 0.15) is 5.82 Å². The zero-order chi connectivity index (χ0) is 21.1. The molecule has 0 bridgehead atoms. The number of benzene rings is 2. The van der Waals surface area contributed by atoms with Gasteiger partial charge >= 0.3 is 5.97 Å². The molecule has 0 saturated heterocycles. The Labute approximate surface area is 168 Å². The molecule has 2 aromatic carbocycles. The smallest absolute Gasteiger partial charge is 0.338 e. The third-order valence-electron chi connectivity index (χ3n) is 4.92. The van der Waals surface area contributed by atoms with Gasteiger partial charge in [0.15, 0.2) is 17.6 Å². The Hall–Kier alpha value is -3.22. The number of carbonyl (C=O) groups is 2. The molecular formula is C22H25FN3O3+. The van der Waals surface area contributed by atoms with Gasteiger partial charge in [-0.1, -0.05) is 6.07 Å². The SMILES string of the molecule is CCOC(=O)c1ccc2c(c1)n(CC(=O)Nc1ccc(C)c(F)c1)c(C)[n+]2CC. The van der Waals surface area contributed by atoms with Crippen LogP contribution in [-0.4, -0.2) is 23.1 Å². The third kappa shape index (κ3) is 4.13. The topological polar surface area (TPSA) is 64.2 Å². The second-order valence-electron chi connectivity index (χ2n) is 6.81. The van der Waals surface area contributed by atoms with Crippen LogP contribution in [0.3, 0.4) is 0 Å². The van der Waals surface area contributed by atoms with E-state index in [-0.39, 0.29) is 18.3 Å². The standard InChI is InChI=1S/C22H24FN3O3/c1-5-25-15(4)26(13-21(27)24-17-9-7-14(3)18(23)12-17)20-11-16(8-10-19(20)25)22(28)29-6-2/h7-12H,5-6,13H2,1-4H3/p+1. The summed E-state index contributed by atoms with van der Waals surface area (Å²) in [6.07, 6.45) is 0. The summed E-state index contributed by atoms with van der Waals surface area (Å²) in [6.45, 7) is 8.42. The number of fused-ring (bicyclic) bond motifs is 1. The number of amides is 1. The molecule has 1 N–H and O–H groups in total. The van der Waals surface area contributed by atoms with E-state index in [9.17, 15) is 14.0 Å². The monoisotopic (exact) mass is 398 g/mol. The molecule has 0 aliphatic rings. The minimum atomic E-state index is -0.401. The van der Waals surface area contributed by atoms with E-state index in [1.54, 1.807) is 38.1 Å². The van der Waals surface area contributed by atoms with Crippen LogP contribution in [0.15, 0.2) is 36.4 Å². The summed E-state index contributed by atoms with van der Waals surface area (Å²) in [4.78, 5) is 24.8. The van der Waals surface area contributed by atoms with E-state index in [4.69, 9.17) is 4.74 Å². The first-order chi connectivity index (χ1) is 13.8. The fourth-order valence-corrected chi connectivity index (χ4v) is 3.42. The average Bonchev–Trinajstić information content (AvgIpc) is 2.95. The van der Waals surface area contributed by atoms with Gasteiger partial charge in [-0.15, -0.1) is 0 Å². The predicted molar refractivity (Wildman–Crippen MR) is 108 cm³/mol. The lowest BCUT2D eigenvalue weighted by atomic mass is 10.2. The van der Waals surface area contributed by atoms with Gasteiger partial charge in [0.05, 0.1) is 18.7 Å². The first-order valence-corrected chi connectivity index (χ1v) is 9.61. The Balaban J connectivity index is 1.95. The van der Waals surface area contributed by atoms with Crippen molar-refractivity contribution in [3.05, 3.63) is 59.2 Å². The van der Waals surface area contributed by atoms with Crippen LogP contribution < -0.4 is 9.88 Å². The molecule has 3 rings (SSSR count). The van der Waals surface area contributed by atoms with Crippen molar-refractivity contribution < 1.29 is 23.3 Å². The largest absolute Gasteiger partial charge is 0.462 e. The van der Waals surface area contributed by atoms with Gasteiger partial charge in [-0.05, 0) is 50.6 Å². The van der Waals surface area contributed by atoms with E-state index in [2.05, 4.69) is 9.88 Å². The van der Waals surface area contributed by atoms with Crippen LogP contribution in [-0.2, 0) is 22.6 Å². The van der Waals surface area contributed by atoms with Crippen LogP contribution in [0.5, 0.6) is 0 Å². The fourth-order valence-electron chi connectivity index (χ4n) is 3.42. The molecule has 1 aromatic heterocycles. The van der Waals surface area contributed by atoms with Crippen molar-refractivity contribution in [3.63, 3.8) is 0 Å². The molecule has 6 nitrogen and oxygen atoms in total. The molecule has 7 heteroatoms. The molecule has 0 spiro atoms. The van der Waals surface area contributed by atoms with Gasteiger partial charge in [0.2, 0.25) is 0 Å². The van der Waals surface area contributed by atoms with Crippen molar-refractivity contribution >= 4 is 28.6 Å². The zero-order valence-electron chi connectivity index (χ0n) is 17.1. The van der Waals surface area contributed by atoms with Crippen LogP contribution in [0.25, 0.3) is 11.0 Å². The molecule has 0 unspecified atom stereocenters. The molecule has 3 aromatic rings. The van der Waals surface area contributed by atoms with Crippen LogP contribution in [0.1, 0.15) is 35.6 Å². The molecular weight excluding hydrogens is 373 g/mol. The lowest BCUT2D eigenvalue weighted by Gasteiger charge is -2.06. The van der Waals surface area contributed by atoms with E-state index < -0.39 is 5.97 Å². The summed E-state index contributed by atoms with van der Waals surface area (Å²) in [5, 5.41) is 2.73. The summed E-state index contributed by atoms with van der Waals surface area (Å²) in [5.41, 5.74) is 3.04. The van der Waals surface area contributed by atoms with Crippen LogP contribution in [0.4, 0.5) is 10.1 Å². The number of nitrogens with one attached hydrogen (secondary N) is 1. The number of imidazole rings is 1. The third-order valence-corrected chi connectivity index (χ3v) is 4.92. The number of aromatic nitrogens is 2. The number of anilines is 1. The highest BCUT2D eigenvalue weighted by atomic mass is 19.1. The summed E-state index contributed by atoms with van der Waals surface area (Å²) in [5.74, 6) is -0.164. The number of carbonyl (C=O) groups excluding carboxylic acids is 2. The number of hydrogen-bond acceptors (Lipinski definition) is 3. The van der Waals surface area contributed by atoms with Gasteiger partial charge in [0, 0.05) is 18.7 Å². The van der Waals surface area contributed by atoms with E-state index in [0.29, 0.717) is 23.4 Å². The quantitative estimate of drug-likeness (QED) is 0.510. The van der Waals surface area contributed by atoms with Crippen LogP contribution >= 0.6 is 0 Å². The molecule has 0 aliphatic carbocycles. The Morgan fingerprint density at radius 3 is 2.55 bits per heavy atom. The van der Waals surface area contributed by atoms with E-state index >= 15 is 0 Å². The van der Waals surface area contributed by atoms with Gasteiger partial charge in [-0.2, -0.15) is 0 Å². The minimum absolute atomic E-state index is 0.0388. The molecule has 0 atom stereocenters. The van der Waals surface area contributed by atoms with Crippen molar-refractivity contribution in [1.82, 2.24) is 4.57 Å². The molecule has 0 radical (unpaired) electrons. The fraction of sp³-hybridized carbons (Fsp3) is 0.318. The first-order valence-electron chi connectivity index (χ1n) is 9.61. The van der Waals surface area contributed by atoms with E-state index in [1.807, 2.05) is 24.5 Å². The Morgan fingerprint density at radius 2 is 1.90 bits per heavy atom. The number of hydrogen-bond donors (Lipinski definition) is 1. The highest BCUT2D eigenvalue weighted by molar-refractivity contribution is 5.94. The number of rotatable bonds is 6. The number of esters is 1. The van der Waals surface area contributed by atoms with Crippen molar-refractivity contribution in [1.29, 1.82) is 0 Å². The van der Waals surface area contributed by atoms with Gasteiger partial charge < -0.3 is 10.1 Å². The zero-order valence-corrected chi connectivity index (χ0v) is 17.1. The average molecular weight is 398 g/mol. The number of nitrogens with zero attached hydrogens (tertiary/aromatic N) is 2. The molecule has 1 amide bonds. The summed E-state index contributed by atoms with van der Waals surface area (Å²) >= 11 is 0.